The maximum absolute atomic E-state index is 11.4. The Morgan fingerprint density at radius 3 is 2.88 bits per heavy atom. The Morgan fingerprint density at radius 1 is 1.47 bits per heavy atom. The minimum Gasteiger partial charge on any atom is -0.398 e. The number of nitrogens with one attached hydrogen (secondary N) is 1. The molecule has 1 amide bonds. The van der Waals surface area contributed by atoms with Gasteiger partial charge in [0.2, 0.25) is 5.91 Å². The molecule has 0 saturated heterocycles. The summed E-state index contributed by atoms with van der Waals surface area (Å²) < 4.78 is 10.6. The number of nitrogen functional groups attached to an aromatic ring is 1. The molecule has 1 aromatic rings. The molecule has 5 nitrogen and oxygen atoms in total. The highest BCUT2D eigenvalue weighted by atomic mass is 79.9. The standard InChI is InChI=1S/C11H15BrN2O3/c1-16-4-5-17-7-11(15)14-8-2-3-10(13)9(12)6-8/h2-3,6H,4-5,7,13H2,1H3,(H,14,15). The monoisotopic (exact) mass is 302 g/mol. The van der Waals surface area contributed by atoms with Crippen LogP contribution in [-0.4, -0.2) is 32.8 Å². The zero-order valence-electron chi connectivity index (χ0n) is 9.53. The largest absolute Gasteiger partial charge is 0.398 e. The summed E-state index contributed by atoms with van der Waals surface area (Å²) in [5.41, 5.74) is 6.93. The van der Waals surface area contributed by atoms with Gasteiger partial charge < -0.3 is 20.5 Å². The van der Waals surface area contributed by atoms with Crippen LogP contribution in [-0.2, 0) is 14.3 Å². The number of hydrogen-bond acceptors (Lipinski definition) is 4. The SMILES string of the molecule is COCCOCC(=O)Nc1ccc(N)c(Br)c1. The predicted octanol–water partition coefficient (Wildman–Crippen LogP) is 1.63. The fourth-order valence-corrected chi connectivity index (χ4v) is 1.49. The van der Waals surface area contributed by atoms with E-state index in [-0.39, 0.29) is 12.5 Å². The van der Waals surface area contributed by atoms with Crippen LogP contribution < -0.4 is 11.1 Å². The summed E-state index contributed by atoms with van der Waals surface area (Å²) in [5.74, 6) is -0.210. The van der Waals surface area contributed by atoms with Crippen LogP contribution in [0.2, 0.25) is 0 Å². The zero-order valence-corrected chi connectivity index (χ0v) is 11.1. The van der Waals surface area contributed by atoms with Gasteiger partial charge in [-0.25, -0.2) is 0 Å². The van der Waals surface area contributed by atoms with E-state index in [1.165, 1.54) is 0 Å². The van der Waals surface area contributed by atoms with Gasteiger partial charge in [0, 0.05) is 23.0 Å². The van der Waals surface area contributed by atoms with Crippen molar-refractivity contribution in [1.29, 1.82) is 0 Å². The number of nitrogens with two attached hydrogens (primary N) is 1. The van der Waals surface area contributed by atoms with Crippen LogP contribution in [0.1, 0.15) is 0 Å². The number of carbonyl (C=O) groups is 1. The molecule has 1 rings (SSSR count). The van der Waals surface area contributed by atoms with E-state index in [1.807, 2.05) is 0 Å². The molecule has 0 heterocycles. The lowest BCUT2D eigenvalue weighted by molar-refractivity contribution is -0.121. The first kappa shape index (κ1) is 14.0. The maximum Gasteiger partial charge on any atom is 0.250 e. The van der Waals surface area contributed by atoms with Gasteiger partial charge in [-0.15, -0.1) is 0 Å². The van der Waals surface area contributed by atoms with Gasteiger partial charge in [-0.1, -0.05) is 0 Å². The first-order valence-corrected chi connectivity index (χ1v) is 5.84. The van der Waals surface area contributed by atoms with Crippen LogP contribution in [0, 0.1) is 0 Å². The van der Waals surface area contributed by atoms with E-state index in [9.17, 15) is 4.79 Å². The smallest absolute Gasteiger partial charge is 0.250 e. The second kappa shape index (κ2) is 7.26. The van der Waals surface area contributed by atoms with Crippen molar-refractivity contribution in [2.75, 3.05) is 38.0 Å². The van der Waals surface area contributed by atoms with Gasteiger partial charge in [0.05, 0.1) is 13.2 Å². The van der Waals surface area contributed by atoms with Crippen molar-refractivity contribution < 1.29 is 14.3 Å². The van der Waals surface area contributed by atoms with Crippen molar-refractivity contribution >= 4 is 33.2 Å². The number of ether oxygens (including phenoxy) is 2. The molecule has 0 aromatic heterocycles. The number of halogens is 1. The van der Waals surface area contributed by atoms with Crippen molar-refractivity contribution in [1.82, 2.24) is 0 Å². The van der Waals surface area contributed by atoms with Crippen molar-refractivity contribution in [3.63, 3.8) is 0 Å². The lowest BCUT2D eigenvalue weighted by atomic mass is 10.3. The molecular formula is C11H15BrN2O3. The fourth-order valence-electron chi connectivity index (χ4n) is 1.11. The summed E-state index contributed by atoms with van der Waals surface area (Å²) in [6, 6.07) is 5.18. The molecule has 0 unspecified atom stereocenters. The van der Waals surface area contributed by atoms with Crippen molar-refractivity contribution in [3.05, 3.63) is 22.7 Å². The summed E-state index contributed by atoms with van der Waals surface area (Å²) in [5, 5.41) is 2.70. The number of carbonyl (C=O) groups excluding carboxylic acids is 1. The molecule has 0 aliphatic heterocycles. The molecule has 0 atom stereocenters. The minimum atomic E-state index is -0.210. The molecule has 17 heavy (non-hydrogen) atoms. The number of hydrogen-bond donors (Lipinski definition) is 2. The van der Waals surface area contributed by atoms with Gasteiger partial charge in [0.15, 0.2) is 0 Å². The second-order valence-electron chi connectivity index (χ2n) is 3.33. The molecule has 0 aliphatic rings. The van der Waals surface area contributed by atoms with E-state index < -0.39 is 0 Å². The molecule has 0 bridgehead atoms. The Bertz CT molecular complexity index is 385. The van der Waals surface area contributed by atoms with E-state index >= 15 is 0 Å². The molecular weight excluding hydrogens is 288 g/mol. The maximum atomic E-state index is 11.4. The van der Waals surface area contributed by atoms with E-state index in [4.69, 9.17) is 15.2 Å². The van der Waals surface area contributed by atoms with Gasteiger partial charge in [0.1, 0.15) is 6.61 Å². The highest BCUT2D eigenvalue weighted by Crippen LogP contribution is 2.22. The summed E-state index contributed by atoms with van der Waals surface area (Å²) >= 11 is 3.29. The molecule has 0 aliphatic carbocycles. The highest BCUT2D eigenvalue weighted by Gasteiger charge is 2.03. The third kappa shape index (κ3) is 5.16. The summed E-state index contributed by atoms with van der Waals surface area (Å²) in [7, 11) is 1.58. The minimum absolute atomic E-state index is 0.00531. The Labute approximate surface area is 108 Å². The van der Waals surface area contributed by atoms with Crippen molar-refractivity contribution in [3.8, 4) is 0 Å². The van der Waals surface area contributed by atoms with Gasteiger partial charge in [0.25, 0.3) is 0 Å². The first-order valence-electron chi connectivity index (χ1n) is 5.05. The molecule has 3 N–H and O–H groups in total. The molecule has 0 fully saturated rings. The number of anilines is 2. The molecule has 0 radical (unpaired) electrons. The van der Waals surface area contributed by atoms with E-state index in [0.717, 1.165) is 4.47 Å². The van der Waals surface area contributed by atoms with Crippen LogP contribution in [0.4, 0.5) is 11.4 Å². The van der Waals surface area contributed by atoms with Crippen LogP contribution in [0.25, 0.3) is 0 Å². The Balaban J connectivity index is 2.37. The molecule has 6 heteroatoms. The number of benzene rings is 1. The van der Waals surface area contributed by atoms with Gasteiger partial charge in [-0.05, 0) is 34.1 Å². The average molecular weight is 303 g/mol. The Kier molecular flexibility index (Phi) is 5.96. The van der Waals surface area contributed by atoms with Crippen molar-refractivity contribution in [2.45, 2.75) is 0 Å². The fraction of sp³-hybridized carbons (Fsp3) is 0.364. The van der Waals surface area contributed by atoms with Gasteiger partial charge in [-0.3, -0.25) is 4.79 Å². The summed E-state index contributed by atoms with van der Waals surface area (Å²) in [6.45, 7) is 0.876. The summed E-state index contributed by atoms with van der Waals surface area (Å²) in [4.78, 5) is 11.4. The third-order valence-electron chi connectivity index (χ3n) is 1.95. The quantitative estimate of drug-likeness (QED) is 0.619. The highest BCUT2D eigenvalue weighted by molar-refractivity contribution is 9.10. The predicted molar refractivity (Wildman–Crippen MR) is 69.9 cm³/mol. The van der Waals surface area contributed by atoms with E-state index in [1.54, 1.807) is 25.3 Å². The Hall–Kier alpha value is -1.11. The normalized spacial score (nSPS) is 10.2. The first-order chi connectivity index (χ1) is 8.13. The van der Waals surface area contributed by atoms with Crippen LogP contribution in [0.5, 0.6) is 0 Å². The van der Waals surface area contributed by atoms with Gasteiger partial charge in [-0.2, -0.15) is 0 Å². The molecule has 0 saturated carbocycles. The molecule has 1 aromatic carbocycles. The van der Waals surface area contributed by atoms with Crippen LogP contribution in [0.15, 0.2) is 22.7 Å². The third-order valence-corrected chi connectivity index (χ3v) is 2.64. The summed E-state index contributed by atoms with van der Waals surface area (Å²) in [6.07, 6.45) is 0. The molecule has 0 spiro atoms. The number of rotatable bonds is 6. The van der Waals surface area contributed by atoms with Crippen LogP contribution >= 0.6 is 15.9 Å². The lowest BCUT2D eigenvalue weighted by Gasteiger charge is -2.07. The lowest BCUT2D eigenvalue weighted by Crippen LogP contribution is -2.19. The molecule has 94 valence electrons. The average Bonchev–Trinajstić information content (AvgIpc) is 2.30. The number of amides is 1. The zero-order chi connectivity index (χ0) is 12.7. The topological polar surface area (TPSA) is 73.6 Å². The van der Waals surface area contributed by atoms with Crippen molar-refractivity contribution in [2.24, 2.45) is 0 Å². The van der Waals surface area contributed by atoms with Gasteiger partial charge >= 0.3 is 0 Å². The van der Waals surface area contributed by atoms with E-state index in [0.29, 0.717) is 24.6 Å². The Morgan fingerprint density at radius 2 is 2.24 bits per heavy atom. The van der Waals surface area contributed by atoms with Crippen LogP contribution in [0.3, 0.4) is 0 Å². The van der Waals surface area contributed by atoms with E-state index in [2.05, 4.69) is 21.2 Å². The second-order valence-corrected chi connectivity index (χ2v) is 4.18. The number of methoxy groups -OCH3 is 1.